The highest BCUT2D eigenvalue weighted by Gasteiger charge is 2.22. The third kappa shape index (κ3) is 3.88. The van der Waals surface area contributed by atoms with Crippen LogP contribution in [0.4, 0.5) is 5.82 Å². The fraction of sp³-hybridized carbons (Fsp3) is 0.120. The van der Waals surface area contributed by atoms with Crippen molar-refractivity contribution in [3.8, 4) is 0 Å². The van der Waals surface area contributed by atoms with Crippen LogP contribution in [0.1, 0.15) is 21.5 Å². The van der Waals surface area contributed by atoms with Gasteiger partial charge in [0.2, 0.25) is 0 Å². The molecule has 0 saturated heterocycles. The van der Waals surface area contributed by atoms with E-state index in [0.29, 0.717) is 41.9 Å². The SMILES string of the molecule is O=C(NCCc1cccnc1)c1c2c(NCc3ccccc3)ncnc2n2ccccc12. The first-order valence-electron chi connectivity index (χ1n) is 10.5. The Labute approximate surface area is 185 Å². The van der Waals surface area contributed by atoms with Crippen molar-refractivity contribution in [3.05, 3.63) is 102 Å². The summed E-state index contributed by atoms with van der Waals surface area (Å²) in [6.45, 7) is 1.11. The number of nitrogens with zero attached hydrogens (tertiary/aromatic N) is 4. The van der Waals surface area contributed by atoms with Gasteiger partial charge in [-0.2, -0.15) is 0 Å². The number of nitrogens with one attached hydrogen (secondary N) is 2. The van der Waals surface area contributed by atoms with Crippen molar-refractivity contribution < 1.29 is 4.79 Å². The van der Waals surface area contributed by atoms with Crippen LogP contribution in [0.5, 0.6) is 0 Å². The summed E-state index contributed by atoms with van der Waals surface area (Å²) in [5.41, 5.74) is 4.27. The van der Waals surface area contributed by atoms with Gasteiger partial charge in [0.25, 0.3) is 5.91 Å². The molecular weight excluding hydrogens is 400 g/mol. The number of carbonyl (C=O) groups excluding carboxylic acids is 1. The van der Waals surface area contributed by atoms with Crippen LogP contribution in [0, 0.1) is 0 Å². The average molecular weight is 422 g/mol. The quantitative estimate of drug-likeness (QED) is 0.416. The van der Waals surface area contributed by atoms with Crippen LogP contribution in [0.15, 0.2) is 85.6 Å². The predicted molar refractivity (Wildman–Crippen MR) is 125 cm³/mol. The van der Waals surface area contributed by atoms with Crippen LogP contribution in [-0.2, 0) is 13.0 Å². The summed E-state index contributed by atoms with van der Waals surface area (Å²) in [7, 11) is 0. The Bertz CT molecular complexity index is 1370. The number of benzene rings is 1. The van der Waals surface area contributed by atoms with E-state index in [0.717, 1.165) is 16.6 Å². The number of pyridine rings is 2. The summed E-state index contributed by atoms with van der Waals surface area (Å²) in [5, 5.41) is 7.16. The first kappa shape index (κ1) is 19.7. The minimum Gasteiger partial charge on any atom is -0.365 e. The molecule has 7 heteroatoms. The molecule has 4 aromatic heterocycles. The molecular formula is C25H22N6O. The highest BCUT2D eigenvalue weighted by Crippen LogP contribution is 2.30. The molecule has 0 aliphatic carbocycles. The van der Waals surface area contributed by atoms with Gasteiger partial charge in [-0.15, -0.1) is 0 Å². The highest BCUT2D eigenvalue weighted by molar-refractivity contribution is 6.16. The Morgan fingerprint density at radius 1 is 0.938 bits per heavy atom. The maximum atomic E-state index is 13.3. The summed E-state index contributed by atoms with van der Waals surface area (Å²) in [6.07, 6.45) is 7.70. The largest absolute Gasteiger partial charge is 0.365 e. The Balaban J connectivity index is 1.48. The Morgan fingerprint density at radius 2 is 1.78 bits per heavy atom. The van der Waals surface area contributed by atoms with Gasteiger partial charge in [-0.3, -0.25) is 9.78 Å². The molecule has 0 unspecified atom stereocenters. The number of carbonyl (C=O) groups is 1. The van der Waals surface area contributed by atoms with E-state index in [1.165, 1.54) is 6.33 Å². The summed E-state index contributed by atoms with van der Waals surface area (Å²) < 4.78 is 1.93. The van der Waals surface area contributed by atoms with Crippen molar-refractivity contribution in [3.63, 3.8) is 0 Å². The Morgan fingerprint density at radius 3 is 2.62 bits per heavy atom. The van der Waals surface area contributed by atoms with Crippen LogP contribution < -0.4 is 10.6 Å². The molecule has 2 N–H and O–H groups in total. The summed E-state index contributed by atoms with van der Waals surface area (Å²) in [6, 6.07) is 19.8. The molecule has 5 aromatic rings. The molecule has 158 valence electrons. The second kappa shape index (κ2) is 8.85. The van der Waals surface area contributed by atoms with E-state index in [2.05, 4.69) is 25.6 Å². The lowest BCUT2D eigenvalue weighted by Gasteiger charge is -2.09. The topological polar surface area (TPSA) is 84.2 Å². The summed E-state index contributed by atoms with van der Waals surface area (Å²) in [4.78, 5) is 26.4. The molecule has 7 nitrogen and oxygen atoms in total. The molecule has 4 heterocycles. The summed E-state index contributed by atoms with van der Waals surface area (Å²) in [5.74, 6) is 0.491. The van der Waals surface area contributed by atoms with Gasteiger partial charge in [0.1, 0.15) is 12.1 Å². The number of aromatic nitrogens is 4. The van der Waals surface area contributed by atoms with E-state index in [1.807, 2.05) is 77.5 Å². The third-order valence-electron chi connectivity index (χ3n) is 5.37. The average Bonchev–Trinajstić information content (AvgIpc) is 3.19. The second-order valence-electron chi connectivity index (χ2n) is 7.46. The fourth-order valence-electron chi connectivity index (χ4n) is 3.85. The van der Waals surface area contributed by atoms with Gasteiger partial charge < -0.3 is 15.0 Å². The molecule has 5 rings (SSSR count). The number of anilines is 1. The van der Waals surface area contributed by atoms with E-state index >= 15 is 0 Å². The van der Waals surface area contributed by atoms with E-state index in [9.17, 15) is 4.79 Å². The lowest BCUT2D eigenvalue weighted by atomic mass is 10.1. The van der Waals surface area contributed by atoms with Crippen molar-refractivity contribution in [2.75, 3.05) is 11.9 Å². The molecule has 0 spiro atoms. The van der Waals surface area contributed by atoms with E-state index in [-0.39, 0.29) is 5.91 Å². The van der Waals surface area contributed by atoms with Gasteiger partial charge in [0.05, 0.1) is 16.5 Å². The van der Waals surface area contributed by atoms with Crippen molar-refractivity contribution in [2.45, 2.75) is 13.0 Å². The molecule has 1 aromatic carbocycles. The fourth-order valence-corrected chi connectivity index (χ4v) is 3.85. The lowest BCUT2D eigenvalue weighted by molar-refractivity contribution is 0.0957. The van der Waals surface area contributed by atoms with Crippen molar-refractivity contribution in [1.29, 1.82) is 0 Å². The number of amides is 1. The molecule has 0 saturated carbocycles. The van der Waals surface area contributed by atoms with Crippen LogP contribution in [0.3, 0.4) is 0 Å². The van der Waals surface area contributed by atoms with Gasteiger partial charge >= 0.3 is 0 Å². The third-order valence-corrected chi connectivity index (χ3v) is 5.37. The zero-order chi connectivity index (χ0) is 21.8. The second-order valence-corrected chi connectivity index (χ2v) is 7.46. The molecule has 0 fully saturated rings. The Hall–Kier alpha value is -4.26. The smallest absolute Gasteiger partial charge is 0.254 e. The number of hydrogen-bond acceptors (Lipinski definition) is 5. The van der Waals surface area contributed by atoms with Gasteiger partial charge in [-0.1, -0.05) is 42.5 Å². The minimum atomic E-state index is -0.148. The van der Waals surface area contributed by atoms with Crippen molar-refractivity contribution in [1.82, 2.24) is 24.7 Å². The standard InChI is InChI=1S/C25H22N6O/c32-25(27-13-11-19-9-6-12-26-15-19)21-20-10-4-5-14-31(20)24-22(21)23(29-17-30-24)28-16-18-7-2-1-3-8-18/h1-10,12,14-15,17H,11,13,16H2,(H,27,32)(H,28,29,30). The van der Waals surface area contributed by atoms with E-state index < -0.39 is 0 Å². The number of rotatable bonds is 7. The normalized spacial score (nSPS) is 11.0. The van der Waals surface area contributed by atoms with Crippen LogP contribution in [0.25, 0.3) is 16.6 Å². The zero-order valence-corrected chi connectivity index (χ0v) is 17.4. The summed E-state index contributed by atoms with van der Waals surface area (Å²) >= 11 is 0. The van der Waals surface area contributed by atoms with Crippen LogP contribution in [-0.4, -0.2) is 31.8 Å². The van der Waals surface area contributed by atoms with Crippen LogP contribution >= 0.6 is 0 Å². The first-order valence-corrected chi connectivity index (χ1v) is 10.5. The van der Waals surface area contributed by atoms with Crippen molar-refractivity contribution in [2.24, 2.45) is 0 Å². The predicted octanol–water partition coefficient (Wildman–Crippen LogP) is 3.86. The molecule has 0 aliphatic rings. The van der Waals surface area contributed by atoms with Gasteiger partial charge in [-0.05, 0) is 35.7 Å². The zero-order valence-electron chi connectivity index (χ0n) is 17.4. The first-order chi connectivity index (χ1) is 15.8. The monoisotopic (exact) mass is 422 g/mol. The van der Waals surface area contributed by atoms with Gasteiger partial charge in [0.15, 0.2) is 5.65 Å². The molecule has 0 radical (unpaired) electrons. The maximum Gasteiger partial charge on any atom is 0.254 e. The molecule has 32 heavy (non-hydrogen) atoms. The van der Waals surface area contributed by atoms with Gasteiger partial charge in [0, 0.05) is 31.7 Å². The van der Waals surface area contributed by atoms with E-state index in [1.54, 1.807) is 6.20 Å². The van der Waals surface area contributed by atoms with E-state index in [4.69, 9.17) is 0 Å². The minimum absolute atomic E-state index is 0.148. The molecule has 1 amide bonds. The molecule has 0 aliphatic heterocycles. The maximum absolute atomic E-state index is 13.3. The highest BCUT2D eigenvalue weighted by atomic mass is 16.1. The molecule has 0 bridgehead atoms. The van der Waals surface area contributed by atoms with Crippen molar-refractivity contribution >= 4 is 28.3 Å². The van der Waals surface area contributed by atoms with Crippen LogP contribution in [0.2, 0.25) is 0 Å². The number of hydrogen-bond donors (Lipinski definition) is 2. The molecule has 0 atom stereocenters. The Kier molecular flexibility index (Phi) is 5.45. The lowest BCUT2D eigenvalue weighted by Crippen LogP contribution is -2.26. The van der Waals surface area contributed by atoms with Gasteiger partial charge in [-0.25, -0.2) is 9.97 Å². The number of fused-ring (bicyclic) bond motifs is 3.